The van der Waals surface area contributed by atoms with E-state index in [1.165, 1.54) is 30.6 Å². The van der Waals surface area contributed by atoms with E-state index in [2.05, 4.69) is 32.2 Å². The van der Waals surface area contributed by atoms with Gasteiger partial charge in [0.25, 0.3) is 0 Å². The second-order valence-corrected chi connectivity index (χ2v) is 7.91. The molecular weight excluding hydrogens is 262 g/mol. The van der Waals surface area contributed by atoms with Crippen molar-refractivity contribution in [1.82, 2.24) is 5.32 Å². The molecule has 2 rings (SSSR count). The summed E-state index contributed by atoms with van der Waals surface area (Å²) in [5.41, 5.74) is 0.408. The summed E-state index contributed by atoms with van der Waals surface area (Å²) in [6.45, 7) is 8.09. The van der Waals surface area contributed by atoms with Gasteiger partial charge in [0.15, 0.2) is 0 Å². The standard InChI is InChI=1S/C15H24ClNS/c1-15(2,3)13-6-4-5-7-14(13)17-9-12-8-11(16)10-18-12/h8,10,13-14,17H,4-7,9H2,1-3H3. The maximum atomic E-state index is 5.97. The second-order valence-electron chi connectivity index (χ2n) is 6.48. The molecule has 1 aliphatic rings. The van der Waals surface area contributed by atoms with Crippen LogP contribution >= 0.6 is 22.9 Å². The third-order valence-corrected chi connectivity index (χ3v) is 5.32. The van der Waals surface area contributed by atoms with Crippen molar-refractivity contribution in [2.24, 2.45) is 11.3 Å². The number of halogens is 1. The fourth-order valence-electron chi connectivity index (χ4n) is 3.09. The SMILES string of the molecule is CC(C)(C)C1CCCCC1NCc1cc(Cl)cs1. The average molecular weight is 286 g/mol. The molecule has 1 nitrogen and oxygen atoms in total. The van der Waals surface area contributed by atoms with Crippen molar-refractivity contribution in [3.8, 4) is 0 Å². The first-order chi connectivity index (χ1) is 8.47. The van der Waals surface area contributed by atoms with Gasteiger partial charge in [-0.25, -0.2) is 0 Å². The lowest BCUT2D eigenvalue weighted by molar-refractivity contribution is 0.130. The van der Waals surface area contributed by atoms with Gasteiger partial charge < -0.3 is 5.32 Å². The molecule has 0 radical (unpaired) electrons. The molecule has 0 aromatic carbocycles. The predicted molar refractivity (Wildman–Crippen MR) is 81.4 cm³/mol. The highest BCUT2D eigenvalue weighted by atomic mass is 35.5. The summed E-state index contributed by atoms with van der Waals surface area (Å²) >= 11 is 7.72. The molecule has 0 spiro atoms. The van der Waals surface area contributed by atoms with Gasteiger partial charge in [0, 0.05) is 22.8 Å². The van der Waals surface area contributed by atoms with Crippen molar-refractivity contribution in [3.63, 3.8) is 0 Å². The molecule has 18 heavy (non-hydrogen) atoms. The van der Waals surface area contributed by atoms with Crippen LogP contribution in [0.4, 0.5) is 0 Å². The number of rotatable bonds is 3. The zero-order valence-corrected chi connectivity index (χ0v) is 13.2. The summed E-state index contributed by atoms with van der Waals surface area (Å²) < 4.78 is 0. The van der Waals surface area contributed by atoms with E-state index in [-0.39, 0.29) is 0 Å². The van der Waals surface area contributed by atoms with E-state index in [0.29, 0.717) is 11.5 Å². The summed E-state index contributed by atoms with van der Waals surface area (Å²) in [6, 6.07) is 2.74. The zero-order chi connectivity index (χ0) is 13.2. The second kappa shape index (κ2) is 5.94. The molecular formula is C15H24ClNS. The minimum absolute atomic E-state index is 0.408. The first kappa shape index (κ1) is 14.4. The Labute approximate surface area is 120 Å². The quantitative estimate of drug-likeness (QED) is 0.815. The van der Waals surface area contributed by atoms with Crippen molar-refractivity contribution >= 4 is 22.9 Å². The Hall–Kier alpha value is -0.0500. The smallest absolute Gasteiger partial charge is 0.0516 e. The summed E-state index contributed by atoms with van der Waals surface area (Å²) in [6.07, 6.45) is 5.45. The molecule has 0 bridgehead atoms. The number of nitrogens with one attached hydrogen (secondary N) is 1. The van der Waals surface area contributed by atoms with Crippen LogP contribution in [0.25, 0.3) is 0 Å². The molecule has 102 valence electrons. The van der Waals surface area contributed by atoms with Crippen molar-refractivity contribution < 1.29 is 0 Å². The van der Waals surface area contributed by atoms with E-state index in [1.54, 1.807) is 11.3 Å². The third-order valence-electron chi connectivity index (χ3n) is 4.04. The van der Waals surface area contributed by atoms with Gasteiger partial charge in [0.1, 0.15) is 0 Å². The predicted octanol–water partition coefficient (Wildman–Crippen LogP) is 5.10. The Morgan fingerprint density at radius 3 is 2.67 bits per heavy atom. The Kier molecular flexibility index (Phi) is 4.74. The van der Waals surface area contributed by atoms with Gasteiger partial charge in [-0.3, -0.25) is 0 Å². The van der Waals surface area contributed by atoms with Crippen LogP contribution in [0, 0.1) is 11.3 Å². The molecule has 1 fully saturated rings. The molecule has 3 heteroatoms. The van der Waals surface area contributed by atoms with Crippen LogP contribution in [0.3, 0.4) is 0 Å². The molecule has 1 aromatic rings. The summed E-state index contributed by atoms with van der Waals surface area (Å²) in [4.78, 5) is 1.35. The molecule has 1 N–H and O–H groups in total. The van der Waals surface area contributed by atoms with Crippen molar-refractivity contribution in [2.75, 3.05) is 0 Å². The molecule has 1 saturated carbocycles. The topological polar surface area (TPSA) is 12.0 Å². The van der Waals surface area contributed by atoms with Crippen LogP contribution in [0.1, 0.15) is 51.3 Å². The van der Waals surface area contributed by atoms with Crippen LogP contribution in [-0.4, -0.2) is 6.04 Å². The van der Waals surface area contributed by atoms with Crippen LogP contribution in [-0.2, 0) is 6.54 Å². The molecule has 2 atom stereocenters. The van der Waals surface area contributed by atoms with Crippen molar-refractivity contribution in [3.05, 3.63) is 21.3 Å². The minimum Gasteiger partial charge on any atom is -0.309 e. The summed E-state index contributed by atoms with van der Waals surface area (Å²) in [5.74, 6) is 0.793. The lowest BCUT2D eigenvalue weighted by atomic mass is 9.69. The van der Waals surface area contributed by atoms with Gasteiger partial charge in [-0.05, 0) is 30.2 Å². The fraction of sp³-hybridized carbons (Fsp3) is 0.733. The van der Waals surface area contributed by atoms with Crippen molar-refractivity contribution in [2.45, 2.75) is 59.0 Å². The van der Waals surface area contributed by atoms with Crippen LogP contribution < -0.4 is 5.32 Å². The van der Waals surface area contributed by atoms with Gasteiger partial charge in [-0.1, -0.05) is 45.2 Å². The van der Waals surface area contributed by atoms with Crippen LogP contribution in [0.5, 0.6) is 0 Å². The van der Waals surface area contributed by atoms with E-state index < -0.39 is 0 Å². The van der Waals surface area contributed by atoms with Gasteiger partial charge >= 0.3 is 0 Å². The maximum Gasteiger partial charge on any atom is 0.0516 e. The summed E-state index contributed by atoms with van der Waals surface area (Å²) in [7, 11) is 0. The Bertz CT molecular complexity index is 380. The zero-order valence-electron chi connectivity index (χ0n) is 11.6. The van der Waals surface area contributed by atoms with E-state index in [0.717, 1.165) is 17.5 Å². The number of hydrogen-bond acceptors (Lipinski definition) is 2. The van der Waals surface area contributed by atoms with Gasteiger partial charge in [-0.15, -0.1) is 11.3 Å². The lowest BCUT2D eigenvalue weighted by Gasteiger charge is -2.41. The fourth-order valence-corrected chi connectivity index (χ4v) is 4.11. The highest BCUT2D eigenvalue weighted by Gasteiger charge is 2.33. The highest BCUT2D eigenvalue weighted by molar-refractivity contribution is 7.10. The highest BCUT2D eigenvalue weighted by Crippen LogP contribution is 2.38. The normalized spacial score (nSPS) is 25.3. The Balaban J connectivity index is 1.93. The first-order valence-electron chi connectivity index (χ1n) is 6.93. The van der Waals surface area contributed by atoms with Gasteiger partial charge in [-0.2, -0.15) is 0 Å². The van der Waals surface area contributed by atoms with Gasteiger partial charge in [0.2, 0.25) is 0 Å². The van der Waals surface area contributed by atoms with E-state index in [9.17, 15) is 0 Å². The van der Waals surface area contributed by atoms with E-state index >= 15 is 0 Å². The van der Waals surface area contributed by atoms with Crippen molar-refractivity contribution in [1.29, 1.82) is 0 Å². The maximum absolute atomic E-state index is 5.97. The molecule has 0 amide bonds. The first-order valence-corrected chi connectivity index (χ1v) is 8.19. The monoisotopic (exact) mass is 285 g/mol. The lowest BCUT2D eigenvalue weighted by Crippen LogP contribution is -2.43. The average Bonchev–Trinajstić information content (AvgIpc) is 2.72. The number of thiophene rings is 1. The largest absolute Gasteiger partial charge is 0.309 e. The molecule has 1 aromatic heterocycles. The minimum atomic E-state index is 0.408. The Morgan fingerprint density at radius 2 is 2.06 bits per heavy atom. The summed E-state index contributed by atoms with van der Waals surface area (Å²) in [5, 5.41) is 6.64. The third kappa shape index (κ3) is 3.72. The van der Waals surface area contributed by atoms with E-state index in [4.69, 9.17) is 11.6 Å². The van der Waals surface area contributed by atoms with Gasteiger partial charge in [0.05, 0.1) is 5.02 Å². The molecule has 1 heterocycles. The molecule has 1 aliphatic carbocycles. The Morgan fingerprint density at radius 1 is 1.33 bits per heavy atom. The van der Waals surface area contributed by atoms with Crippen LogP contribution in [0.2, 0.25) is 5.02 Å². The molecule has 0 aliphatic heterocycles. The molecule has 0 saturated heterocycles. The molecule has 2 unspecified atom stereocenters. The number of hydrogen-bond donors (Lipinski definition) is 1. The van der Waals surface area contributed by atoms with E-state index in [1.807, 2.05) is 5.38 Å². The van der Waals surface area contributed by atoms with Crippen LogP contribution in [0.15, 0.2) is 11.4 Å².